The molecule has 0 aliphatic rings. The first-order valence-electron chi connectivity index (χ1n) is 22.8. The van der Waals surface area contributed by atoms with Crippen molar-refractivity contribution in [2.24, 2.45) is 11.8 Å². The maximum Gasteiger partial charge on any atom is 0.305 e. The Balaban J connectivity index is 3.35. The Morgan fingerprint density at radius 2 is 0.667 bits per heavy atom. The Morgan fingerprint density at radius 3 is 0.941 bits per heavy atom. The van der Waals surface area contributed by atoms with Crippen LogP contribution in [0.1, 0.15) is 252 Å². The maximum absolute atomic E-state index is 12.0. The van der Waals surface area contributed by atoms with Gasteiger partial charge >= 0.3 is 11.9 Å². The lowest BCUT2D eigenvalue weighted by atomic mass is 9.99. The summed E-state index contributed by atoms with van der Waals surface area (Å²) in [6.07, 6.45) is 43.1. The molecule has 0 saturated carbocycles. The molecule has 0 heterocycles. The van der Waals surface area contributed by atoms with E-state index in [4.69, 9.17) is 9.47 Å². The number of aliphatic hydroxyl groups excluding tert-OH is 1. The Bertz CT molecular complexity index is 722. The van der Waals surface area contributed by atoms with Crippen LogP contribution >= 0.6 is 0 Å². The van der Waals surface area contributed by atoms with Gasteiger partial charge in [-0.15, -0.1) is 0 Å². The first-order valence-corrected chi connectivity index (χ1v) is 22.8. The first-order chi connectivity index (χ1) is 24.8. The van der Waals surface area contributed by atoms with E-state index in [9.17, 15) is 14.7 Å². The number of rotatable bonds is 41. The largest absolute Gasteiger partial charge is 0.463 e. The second-order valence-electron chi connectivity index (χ2n) is 16.6. The summed E-state index contributed by atoms with van der Waals surface area (Å²) in [5.74, 6) is 1.21. The number of carbonyl (C=O) groups is 2. The second-order valence-corrected chi connectivity index (χ2v) is 16.6. The lowest BCUT2D eigenvalue weighted by molar-refractivity contribution is -0.152. The van der Waals surface area contributed by atoms with Crippen molar-refractivity contribution in [2.45, 2.75) is 259 Å². The molecular formula is C46H90O5. The molecule has 0 aromatic carbocycles. The van der Waals surface area contributed by atoms with Crippen molar-refractivity contribution in [3.63, 3.8) is 0 Å². The molecule has 1 N–H and O–H groups in total. The number of carbonyl (C=O) groups excluding carboxylic acids is 2. The quantitative estimate of drug-likeness (QED) is 0.0502. The fourth-order valence-corrected chi connectivity index (χ4v) is 6.96. The van der Waals surface area contributed by atoms with Gasteiger partial charge in [-0.25, -0.2) is 0 Å². The van der Waals surface area contributed by atoms with Gasteiger partial charge in [0.2, 0.25) is 0 Å². The Kier molecular flexibility index (Phi) is 39.2. The van der Waals surface area contributed by atoms with E-state index in [2.05, 4.69) is 27.7 Å². The van der Waals surface area contributed by atoms with Crippen LogP contribution in [-0.2, 0) is 19.1 Å². The van der Waals surface area contributed by atoms with E-state index in [0.29, 0.717) is 12.8 Å². The molecule has 1 unspecified atom stereocenters. The van der Waals surface area contributed by atoms with E-state index in [1.165, 1.54) is 186 Å². The van der Waals surface area contributed by atoms with E-state index >= 15 is 0 Å². The molecule has 0 rings (SSSR count). The second kappa shape index (κ2) is 40.1. The van der Waals surface area contributed by atoms with Gasteiger partial charge in [0, 0.05) is 12.8 Å². The van der Waals surface area contributed by atoms with Crippen LogP contribution in [-0.4, -0.2) is 36.4 Å². The number of aliphatic hydroxyl groups is 1. The van der Waals surface area contributed by atoms with Gasteiger partial charge in [0.15, 0.2) is 0 Å². The molecule has 5 nitrogen and oxygen atoms in total. The number of esters is 2. The zero-order chi connectivity index (χ0) is 37.5. The summed E-state index contributed by atoms with van der Waals surface area (Å²) in [5.41, 5.74) is 0. The molecular weight excluding hydrogens is 633 g/mol. The normalized spacial score (nSPS) is 12.7. The van der Waals surface area contributed by atoms with Gasteiger partial charge < -0.3 is 14.6 Å². The average molecular weight is 723 g/mol. The zero-order valence-corrected chi connectivity index (χ0v) is 35.0. The Morgan fingerprint density at radius 1 is 0.412 bits per heavy atom. The molecule has 0 aromatic heterocycles. The van der Waals surface area contributed by atoms with Gasteiger partial charge in [-0.2, -0.15) is 0 Å². The van der Waals surface area contributed by atoms with Crippen LogP contribution in [0.2, 0.25) is 0 Å². The molecule has 5 heteroatoms. The van der Waals surface area contributed by atoms with Crippen LogP contribution in [0, 0.1) is 11.8 Å². The summed E-state index contributed by atoms with van der Waals surface area (Å²) in [7, 11) is 0. The maximum atomic E-state index is 12.0. The molecule has 0 aliphatic carbocycles. The molecule has 0 saturated heterocycles. The molecule has 51 heavy (non-hydrogen) atoms. The number of unbranched alkanes of at least 4 members (excludes halogenated alkanes) is 28. The van der Waals surface area contributed by atoms with Gasteiger partial charge in [-0.1, -0.05) is 227 Å². The van der Waals surface area contributed by atoms with Crippen molar-refractivity contribution in [2.75, 3.05) is 13.2 Å². The van der Waals surface area contributed by atoms with Gasteiger partial charge in [-0.3, -0.25) is 9.59 Å². The SMILES string of the molecule is CCC(C)CCCCCCCCCCCCCCCCCCCCC(=O)OC[C@H](O)COC(=O)CCCCCCCCCCCCCCC(C)C. The van der Waals surface area contributed by atoms with Crippen LogP contribution in [0.4, 0.5) is 0 Å². The molecule has 2 atom stereocenters. The highest BCUT2D eigenvalue weighted by Crippen LogP contribution is 2.18. The van der Waals surface area contributed by atoms with Crippen molar-refractivity contribution in [1.29, 1.82) is 0 Å². The standard InChI is InChI=1S/C46H90O5/c1-5-43(4)37-33-29-25-21-17-12-10-8-6-7-9-11-13-18-22-26-30-34-38-45(48)50-40-44(47)41-51-46(49)39-35-31-27-23-19-15-14-16-20-24-28-32-36-42(2)3/h42-44,47H,5-41H2,1-4H3/t43?,44-/m0/s1. The molecule has 0 bridgehead atoms. The minimum absolute atomic E-state index is 0.108. The third kappa shape index (κ3) is 41.5. The van der Waals surface area contributed by atoms with E-state index in [0.717, 1.165) is 37.5 Å². The van der Waals surface area contributed by atoms with Crippen molar-refractivity contribution in [3.8, 4) is 0 Å². The van der Waals surface area contributed by atoms with Crippen LogP contribution < -0.4 is 0 Å². The minimum Gasteiger partial charge on any atom is -0.463 e. The molecule has 0 aromatic rings. The minimum atomic E-state index is -0.957. The Labute approximate surface area is 319 Å². The summed E-state index contributed by atoms with van der Waals surface area (Å²) in [5, 5.41) is 10.0. The summed E-state index contributed by atoms with van der Waals surface area (Å²) >= 11 is 0. The van der Waals surface area contributed by atoms with Gasteiger partial charge in [0.25, 0.3) is 0 Å². The van der Waals surface area contributed by atoms with E-state index in [1.807, 2.05) is 0 Å². The van der Waals surface area contributed by atoms with Gasteiger partial charge in [-0.05, 0) is 24.7 Å². The first kappa shape index (κ1) is 49.9. The third-order valence-corrected chi connectivity index (χ3v) is 10.8. The lowest BCUT2D eigenvalue weighted by Gasteiger charge is -2.12. The number of hydrogen-bond acceptors (Lipinski definition) is 5. The van der Waals surface area contributed by atoms with Gasteiger partial charge in [0.1, 0.15) is 19.3 Å². The highest BCUT2D eigenvalue weighted by Gasteiger charge is 2.12. The van der Waals surface area contributed by atoms with Gasteiger partial charge in [0.05, 0.1) is 0 Å². The zero-order valence-electron chi connectivity index (χ0n) is 35.0. The topological polar surface area (TPSA) is 72.8 Å². The number of hydrogen-bond donors (Lipinski definition) is 1. The molecule has 304 valence electrons. The fraction of sp³-hybridized carbons (Fsp3) is 0.957. The highest BCUT2D eigenvalue weighted by atomic mass is 16.6. The van der Waals surface area contributed by atoms with Crippen LogP contribution in [0.3, 0.4) is 0 Å². The molecule has 0 aliphatic heterocycles. The monoisotopic (exact) mass is 723 g/mol. The van der Waals surface area contributed by atoms with Crippen molar-refractivity contribution in [3.05, 3.63) is 0 Å². The fourth-order valence-electron chi connectivity index (χ4n) is 6.96. The van der Waals surface area contributed by atoms with Crippen LogP contribution in [0.15, 0.2) is 0 Å². The predicted molar refractivity (Wildman–Crippen MR) is 219 cm³/mol. The van der Waals surface area contributed by atoms with E-state index in [1.54, 1.807) is 0 Å². The molecule has 0 spiro atoms. The van der Waals surface area contributed by atoms with E-state index in [-0.39, 0.29) is 25.2 Å². The lowest BCUT2D eigenvalue weighted by Crippen LogP contribution is -2.25. The number of ether oxygens (including phenoxy) is 2. The van der Waals surface area contributed by atoms with Crippen LogP contribution in [0.5, 0.6) is 0 Å². The summed E-state index contributed by atoms with van der Waals surface area (Å²) in [6, 6.07) is 0. The smallest absolute Gasteiger partial charge is 0.305 e. The van der Waals surface area contributed by atoms with Crippen LogP contribution in [0.25, 0.3) is 0 Å². The average Bonchev–Trinajstić information content (AvgIpc) is 3.12. The van der Waals surface area contributed by atoms with Crippen molar-refractivity contribution >= 4 is 11.9 Å². The summed E-state index contributed by atoms with van der Waals surface area (Å²) in [4.78, 5) is 24.0. The molecule has 0 radical (unpaired) electrons. The molecule has 0 fully saturated rings. The Hall–Kier alpha value is -1.10. The van der Waals surface area contributed by atoms with Crippen molar-refractivity contribution in [1.82, 2.24) is 0 Å². The summed E-state index contributed by atoms with van der Waals surface area (Å²) in [6.45, 7) is 9.09. The predicted octanol–water partition coefficient (Wildman–Crippen LogP) is 14.4. The summed E-state index contributed by atoms with van der Waals surface area (Å²) < 4.78 is 10.4. The molecule has 0 amide bonds. The third-order valence-electron chi connectivity index (χ3n) is 10.8. The van der Waals surface area contributed by atoms with Crippen molar-refractivity contribution < 1.29 is 24.2 Å². The van der Waals surface area contributed by atoms with E-state index < -0.39 is 6.10 Å². The highest BCUT2D eigenvalue weighted by molar-refractivity contribution is 5.69.